The predicted octanol–water partition coefficient (Wildman–Crippen LogP) is 1.47. The van der Waals surface area contributed by atoms with E-state index in [2.05, 4.69) is 14.9 Å². The van der Waals surface area contributed by atoms with E-state index in [4.69, 9.17) is 4.74 Å². The highest BCUT2D eigenvalue weighted by atomic mass is 32.2. The molecule has 10 heteroatoms. The number of aryl methyl sites for hydroxylation is 2. The Morgan fingerprint density at radius 2 is 1.90 bits per heavy atom. The van der Waals surface area contributed by atoms with Crippen molar-refractivity contribution in [2.45, 2.75) is 50.7 Å². The van der Waals surface area contributed by atoms with Gasteiger partial charge in [-0.05, 0) is 57.9 Å². The molecule has 0 saturated carbocycles. The van der Waals surface area contributed by atoms with Crippen LogP contribution in [0, 0.1) is 13.8 Å². The van der Waals surface area contributed by atoms with Gasteiger partial charge in [0.25, 0.3) is 5.91 Å². The van der Waals surface area contributed by atoms with Crippen molar-refractivity contribution in [3.8, 4) is 11.5 Å². The van der Waals surface area contributed by atoms with Crippen molar-refractivity contribution in [1.82, 2.24) is 19.8 Å². The van der Waals surface area contributed by atoms with Crippen LogP contribution in [-0.4, -0.2) is 59.8 Å². The van der Waals surface area contributed by atoms with Crippen molar-refractivity contribution in [3.05, 3.63) is 35.7 Å². The summed E-state index contributed by atoms with van der Waals surface area (Å²) < 4.78 is 33.7. The summed E-state index contributed by atoms with van der Waals surface area (Å²) in [5.74, 6) is 0.472. The number of amides is 1. The number of hydrogen-bond acceptors (Lipinski definition) is 6. The Morgan fingerprint density at radius 3 is 2.45 bits per heavy atom. The van der Waals surface area contributed by atoms with Crippen LogP contribution in [0.1, 0.15) is 31.2 Å². The molecule has 3 rings (SSSR count). The van der Waals surface area contributed by atoms with E-state index >= 15 is 0 Å². The van der Waals surface area contributed by atoms with Crippen LogP contribution in [0.2, 0.25) is 0 Å². The summed E-state index contributed by atoms with van der Waals surface area (Å²) in [5.41, 5.74) is 0.936. The number of likely N-dealkylation sites (tertiary alicyclic amines) is 1. The van der Waals surface area contributed by atoms with E-state index in [1.807, 2.05) is 0 Å². The van der Waals surface area contributed by atoms with Crippen LogP contribution in [0.3, 0.4) is 0 Å². The lowest BCUT2D eigenvalue weighted by molar-refractivity contribution is -0.139. The third-order valence-corrected chi connectivity index (χ3v) is 6.74. The first-order valence-corrected chi connectivity index (χ1v) is 10.9. The van der Waals surface area contributed by atoms with Crippen molar-refractivity contribution in [1.29, 1.82) is 0 Å². The smallest absolute Gasteiger partial charge is 0.263 e. The number of hydrogen-bond donors (Lipinski definition) is 3. The number of carbonyl (C=O) groups is 1. The fourth-order valence-corrected chi connectivity index (χ4v) is 5.14. The molecule has 1 fully saturated rings. The van der Waals surface area contributed by atoms with Crippen LogP contribution in [0.25, 0.3) is 0 Å². The molecule has 29 heavy (non-hydrogen) atoms. The van der Waals surface area contributed by atoms with Crippen LogP contribution >= 0.6 is 0 Å². The van der Waals surface area contributed by atoms with E-state index in [1.54, 1.807) is 37.8 Å². The monoisotopic (exact) mass is 422 g/mol. The normalized spacial score (nSPS) is 16.6. The van der Waals surface area contributed by atoms with E-state index in [0.717, 1.165) is 0 Å². The quantitative estimate of drug-likeness (QED) is 0.647. The molecule has 1 aliphatic rings. The fourth-order valence-electron chi connectivity index (χ4n) is 3.47. The molecule has 1 aromatic carbocycles. The highest BCUT2D eigenvalue weighted by Gasteiger charge is 2.31. The SMILES string of the molecule is Cc1n[nH]c(C)c1S(=O)(=O)NC1CCN(C(=O)C(C)Oc2ccc(O)cc2)CC1. The second-order valence-electron chi connectivity index (χ2n) is 7.24. The van der Waals surface area contributed by atoms with E-state index in [9.17, 15) is 18.3 Å². The number of phenols is 1. The first-order valence-electron chi connectivity index (χ1n) is 9.45. The van der Waals surface area contributed by atoms with Gasteiger partial charge in [0, 0.05) is 19.1 Å². The lowest BCUT2D eigenvalue weighted by atomic mass is 10.1. The van der Waals surface area contributed by atoms with Crippen molar-refractivity contribution in [2.24, 2.45) is 0 Å². The molecule has 1 saturated heterocycles. The van der Waals surface area contributed by atoms with Gasteiger partial charge in [-0.3, -0.25) is 9.89 Å². The van der Waals surface area contributed by atoms with Gasteiger partial charge in [-0.1, -0.05) is 0 Å². The molecule has 1 aromatic heterocycles. The minimum atomic E-state index is -3.67. The van der Waals surface area contributed by atoms with Gasteiger partial charge in [0.1, 0.15) is 16.4 Å². The minimum Gasteiger partial charge on any atom is -0.508 e. The summed E-state index contributed by atoms with van der Waals surface area (Å²) in [6, 6.07) is 5.94. The zero-order valence-corrected chi connectivity index (χ0v) is 17.5. The number of benzene rings is 1. The maximum atomic E-state index is 12.7. The first-order chi connectivity index (χ1) is 13.7. The van der Waals surface area contributed by atoms with Gasteiger partial charge in [0.15, 0.2) is 6.10 Å². The van der Waals surface area contributed by atoms with Gasteiger partial charge in [0.05, 0.1) is 11.4 Å². The first kappa shape index (κ1) is 21.1. The van der Waals surface area contributed by atoms with Gasteiger partial charge < -0.3 is 14.7 Å². The molecule has 1 aliphatic heterocycles. The molecule has 1 amide bonds. The van der Waals surface area contributed by atoms with Gasteiger partial charge >= 0.3 is 0 Å². The Hall–Kier alpha value is -2.59. The van der Waals surface area contributed by atoms with E-state index in [0.29, 0.717) is 43.1 Å². The number of aromatic amines is 1. The van der Waals surface area contributed by atoms with Crippen molar-refractivity contribution >= 4 is 15.9 Å². The topological polar surface area (TPSA) is 125 Å². The Labute approximate surface area is 170 Å². The van der Waals surface area contributed by atoms with E-state index in [1.165, 1.54) is 12.1 Å². The molecule has 0 bridgehead atoms. The summed E-state index contributed by atoms with van der Waals surface area (Å²) in [7, 11) is -3.67. The molecule has 0 radical (unpaired) electrons. The molecule has 158 valence electrons. The molecule has 3 N–H and O–H groups in total. The average Bonchev–Trinajstić information content (AvgIpc) is 3.02. The van der Waals surface area contributed by atoms with Crippen molar-refractivity contribution in [2.75, 3.05) is 13.1 Å². The third kappa shape index (κ3) is 4.88. The summed E-state index contributed by atoms with van der Waals surface area (Å²) in [6.07, 6.45) is 0.365. The van der Waals surface area contributed by atoms with Crippen molar-refractivity contribution < 1.29 is 23.1 Å². The number of carbonyl (C=O) groups excluding carboxylic acids is 1. The molecular formula is C19H26N4O5S. The van der Waals surface area contributed by atoms with E-state index < -0.39 is 16.1 Å². The highest BCUT2D eigenvalue weighted by molar-refractivity contribution is 7.89. The fraction of sp³-hybridized carbons (Fsp3) is 0.474. The maximum Gasteiger partial charge on any atom is 0.263 e. The summed E-state index contributed by atoms with van der Waals surface area (Å²) >= 11 is 0. The standard InChI is InChI=1S/C19H26N4O5S/c1-12-18(13(2)21-20-12)29(26,27)22-15-8-10-23(11-9-15)19(25)14(3)28-17-6-4-16(24)5-7-17/h4-7,14-15,22,24H,8-11H2,1-3H3,(H,20,21). The Balaban J connectivity index is 1.54. The molecular weight excluding hydrogens is 396 g/mol. The lowest BCUT2D eigenvalue weighted by Gasteiger charge is -2.33. The van der Waals surface area contributed by atoms with Crippen LogP contribution in [0.4, 0.5) is 0 Å². The number of piperidine rings is 1. The molecule has 1 unspecified atom stereocenters. The maximum absolute atomic E-state index is 12.7. The Kier molecular flexibility index (Phi) is 6.13. The number of H-pyrrole nitrogens is 1. The number of aromatic nitrogens is 2. The van der Waals surface area contributed by atoms with Crippen LogP contribution < -0.4 is 9.46 Å². The van der Waals surface area contributed by atoms with Gasteiger partial charge in [0.2, 0.25) is 10.0 Å². The average molecular weight is 423 g/mol. The second-order valence-corrected chi connectivity index (χ2v) is 8.89. The molecule has 2 heterocycles. The molecule has 1 atom stereocenters. The second kappa shape index (κ2) is 8.42. The van der Waals surface area contributed by atoms with Gasteiger partial charge in [-0.25, -0.2) is 13.1 Å². The third-order valence-electron chi connectivity index (χ3n) is 4.96. The predicted molar refractivity (Wildman–Crippen MR) is 106 cm³/mol. The number of sulfonamides is 1. The number of nitrogens with one attached hydrogen (secondary N) is 2. The van der Waals surface area contributed by atoms with E-state index in [-0.39, 0.29) is 22.6 Å². The zero-order chi connectivity index (χ0) is 21.2. The zero-order valence-electron chi connectivity index (χ0n) is 16.7. The summed E-state index contributed by atoms with van der Waals surface area (Å²) in [5, 5.41) is 15.9. The van der Waals surface area contributed by atoms with Crippen LogP contribution in [0.15, 0.2) is 29.2 Å². The summed E-state index contributed by atoms with van der Waals surface area (Å²) in [4.78, 5) is 14.5. The van der Waals surface area contributed by atoms with Gasteiger partial charge in [-0.2, -0.15) is 5.10 Å². The molecule has 0 spiro atoms. The van der Waals surface area contributed by atoms with Crippen LogP contribution in [-0.2, 0) is 14.8 Å². The molecule has 9 nitrogen and oxygen atoms in total. The molecule has 2 aromatic rings. The number of nitrogens with zero attached hydrogens (tertiary/aromatic N) is 2. The highest BCUT2D eigenvalue weighted by Crippen LogP contribution is 2.21. The number of phenolic OH excluding ortho intramolecular Hbond substituents is 1. The number of ether oxygens (including phenoxy) is 1. The minimum absolute atomic E-state index is 0.127. The summed E-state index contributed by atoms with van der Waals surface area (Å²) in [6.45, 7) is 5.88. The number of aromatic hydroxyl groups is 1. The largest absolute Gasteiger partial charge is 0.508 e. The van der Waals surface area contributed by atoms with Crippen LogP contribution in [0.5, 0.6) is 11.5 Å². The Bertz CT molecular complexity index is 943. The number of rotatable bonds is 6. The molecule has 0 aliphatic carbocycles. The Morgan fingerprint density at radius 1 is 1.28 bits per heavy atom. The van der Waals surface area contributed by atoms with Crippen molar-refractivity contribution in [3.63, 3.8) is 0 Å². The van der Waals surface area contributed by atoms with Gasteiger partial charge in [-0.15, -0.1) is 0 Å². The lowest BCUT2D eigenvalue weighted by Crippen LogP contribution is -2.49.